The van der Waals surface area contributed by atoms with Gasteiger partial charge < -0.3 is 15.3 Å². The van der Waals surface area contributed by atoms with E-state index in [9.17, 15) is 14.7 Å². The maximum absolute atomic E-state index is 11.9. The first-order chi connectivity index (χ1) is 7.64. The molecule has 0 bridgehead atoms. The average molecular weight is 242 g/mol. The smallest absolute Gasteiger partial charge is 0.317 e. The van der Waals surface area contributed by atoms with Crippen molar-refractivity contribution in [3.8, 4) is 0 Å². The van der Waals surface area contributed by atoms with Gasteiger partial charge in [-0.2, -0.15) is 0 Å². The van der Waals surface area contributed by atoms with Gasteiger partial charge in [0.05, 0.1) is 5.41 Å². The van der Waals surface area contributed by atoms with Crippen LogP contribution >= 0.6 is 0 Å². The number of hydrogen-bond acceptors (Lipinski definition) is 2. The summed E-state index contributed by atoms with van der Waals surface area (Å²) in [6.07, 6.45) is 1.36. The summed E-state index contributed by atoms with van der Waals surface area (Å²) < 4.78 is 0. The molecular weight excluding hydrogens is 220 g/mol. The molecule has 1 rings (SSSR count). The summed E-state index contributed by atoms with van der Waals surface area (Å²) in [6.45, 7) is 8.34. The van der Waals surface area contributed by atoms with E-state index in [-0.39, 0.29) is 18.1 Å². The number of carboxylic acid groups (broad SMARTS) is 1. The SMILES string of the molecule is CC(C)(C)NC(=O)N1CCCC(C)(C(=O)O)C1. The molecule has 1 atom stereocenters. The molecule has 0 aromatic rings. The van der Waals surface area contributed by atoms with Gasteiger partial charge in [0.2, 0.25) is 0 Å². The maximum atomic E-state index is 11.9. The molecule has 1 unspecified atom stereocenters. The zero-order chi connectivity index (χ0) is 13.3. The Balaban J connectivity index is 2.67. The van der Waals surface area contributed by atoms with Crippen LogP contribution in [0.15, 0.2) is 0 Å². The fraction of sp³-hybridized carbons (Fsp3) is 0.833. The maximum Gasteiger partial charge on any atom is 0.317 e. The molecule has 5 heteroatoms. The normalized spacial score (nSPS) is 25.5. The Morgan fingerprint density at radius 3 is 2.41 bits per heavy atom. The van der Waals surface area contributed by atoms with Crippen LogP contribution in [0, 0.1) is 5.41 Å². The highest BCUT2D eigenvalue weighted by atomic mass is 16.4. The van der Waals surface area contributed by atoms with Crippen LogP contribution in [0.2, 0.25) is 0 Å². The van der Waals surface area contributed by atoms with Gasteiger partial charge in [-0.1, -0.05) is 0 Å². The molecule has 2 N–H and O–H groups in total. The highest BCUT2D eigenvalue weighted by Gasteiger charge is 2.39. The van der Waals surface area contributed by atoms with Gasteiger partial charge in [-0.3, -0.25) is 4.79 Å². The minimum Gasteiger partial charge on any atom is -0.481 e. The van der Waals surface area contributed by atoms with Crippen molar-refractivity contribution in [2.24, 2.45) is 5.41 Å². The van der Waals surface area contributed by atoms with Gasteiger partial charge in [0.15, 0.2) is 0 Å². The monoisotopic (exact) mass is 242 g/mol. The third-order valence-corrected chi connectivity index (χ3v) is 2.98. The Kier molecular flexibility index (Phi) is 3.69. The number of carbonyl (C=O) groups excluding carboxylic acids is 1. The minimum absolute atomic E-state index is 0.176. The Morgan fingerprint density at radius 2 is 1.94 bits per heavy atom. The minimum atomic E-state index is -0.828. The van der Waals surface area contributed by atoms with E-state index in [0.717, 1.165) is 6.42 Å². The van der Waals surface area contributed by atoms with Gasteiger partial charge in [-0.15, -0.1) is 0 Å². The number of carbonyl (C=O) groups is 2. The number of aliphatic carboxylic acids is 1. The lowest BCUT2D eigenvalue weighted by Crippen LogP contribution is -2.54. The second kappa shape index (κ2) is 4.55. The van der Waals surface area contributed by atoms with Gasteiger partial charge in [0.25, 0.3) is 0 Å². The standard InChI is InChI=1S/C12H22N2O3/c1-11(2,3)13-10(17)14-7-5-6-12(4,8-14)9(15)16/h5-8H2,1-4H3,(H,13,17)(H,15,16). The summed E-state index contributed by atoms with van der Waals surface area (Å²) in [5.74, 6) is -0.828. The molecule has 0 spiro atoms. The van der Waals surface area contributed by atoms with E-state index in [1.165, 1.54) is 0 Å². The van der Waals surface area contributed by atoms with Crippen LogP contribution in [-0.2, 0) is 4.79 Å². The fourth-order valence-electron chi connectivity index (χ4n) is 1.99. The number of likely N-dealkylation sites (tertiary alicyclic amines) is 1. The Hall–Kier alpha value is -1.26. The summed E-state index contributed by atoms with van der Waals surface area (Å²) in [5.41, 5.74) is -1.11. The van der Waals surface area contributed by atoms with Crippen molar-refractivity contribution in [3.05, 3.63) is 0 Å². The number of hydrogen-bond donors (Lipinski definition) is 2. The van der Waals surface area contributed by atoms with Crippen molar-refractivity contribution in [1.82, 2.24) is 10.2 Å². The van der Waals surface area contributed by atoms with Crippen LogP contribution in [-0.4, -0.2) is 40.6 Å². The Labute approximate surface area is 102 Å². The molecule has 1 aliphatic rings. The first-order valence-electron chi connectivity index (χ1n) is 5.95. The van der Waals surface area contributed by atoms with Crippen LogP contribution in [0.3, 0.4) is 0 Å². The largest absolute Gasteiger partial charge is 0.481 e. The third kappa shape index (κ3) is 3.61. The highest BCUT2D eigenvalue weighted by molar-refractivity contribution is 5.78. The predicted molar refractivity (Wildman–Crippen MR) is 64.8 cm³/mol. The number of nitrogens with zero attached hydrogens (tertiary/aromatic N) is 1. The molecule has 0 radical (unpaired) electrons. The molecule has 1 aliphatic heterocycles. The fourth-order valence-corrected chi connectivity index (χ4v) is 1.99. The van der Waals surface area contributed by atoms with E-state index < -0.39 is 11.4 Å². The lowest BCUT2D eigenvalue weighted by Gasteiger charge is -2.38. The quantitative estimate of drug-likeness (QED) is 0.735. The van der Waals surface area contributed by atoms with Crippen molar-refractivity contribution in [2.75, 3.05) is 13.1 Å². The molecular formula is C12H22N2O3. The number of carboxylic acids is 1. The van der Waals surface area contributed by atoms with Gasteiger partial charge in [-0.05, 0) is 40.5 Å². The zero-order valence-electron chi connectivity index (χ0n) is 11.0. The number of nitrogens with one attached hydrogen (secondary N) is 1. The zero-order valence-corrected chi connectivity index (χ0v) is 11.0. The van der Waals surface area contributed by atoms with Crippen LogP contribution in [0.4, 0.5) is 4.79 Å². The molecule has 1 saturated heterocycles. The summed E-state index contributed by atoms with van der Waals surface area (Å²) in [6, 6.07) is -0.176. The van der Waals surface area contributed by atoms with E-state index in [4.69, 9.17) is 0 Å². The first-order valence-corrected chi connectivity index (χ1v) is 5.95. The van der Waals surface area contributed by atoms with Crippen molar-refractivity contribution in [3.63, 3.8) is 0 Å². The number of amides is 2. The lowest BCUT2D eigenvalue weighted by atomic mass is 9.82. The van der Waals surface area contributed by atoms with E-state index in [1.807, 2.05) is 20.8 Å². The molecule has 0 saturated carbocycles. The molecule has 0 aromatic heterocycles. The molecule has 17 heavy (non-hydrogen) atoms. The average Bonchev–Trinajstić information content (AvgIpc) is 2.15. The molecule has 1 heterocycles. The highest BCUT2D eigenvalue weighted by Crippen LogP contribution is 2.29. The first kappa shape index (κ1) is 13.8. The van der Waals surface area contributed by atoms with Crippen LogP contribution in [0.1, 0.15) is 40.5 Å². The number of rotatable bonds is 1. The summed E-state index contributed by atoms with van der Waals surface area (Å²) in [4.78, 5) is 24.7. The van der Waals surface area contributed by atoms with Crippen LogP contribution in [0.5, 0.6) is 0 Å². The third-order valence-electron chi connectivity index (χ3n) is 2.98. The van der Waals surface area contributed by atoms with Gasteiger partial charge in [-0.25, -0.2) is 4.79 Å². The van der Waals surface area contributed by atoms with Crippen molar-refractivity contribution < 1.29 is 14.7 Å². The van der Waals surface area contributed by atoms with E-state index in [1.54, 1.807) is 11.8 Å². The van der Waals surface area contributed by atoms with Crippen molar-refractivity contribution in [1.29, 1.82) is 0 Å². The summed E-state index contributed by atoms with van der Waals surface area (Å²) in [7, 11) is 0. The van der Waals surface area contributed by atoms with Gasteiger partial charge in [0, 0.05) is 18.6 Å². The van der Waals surface area contributed by atoms with E-state index >= 15 is 0 Å². The molecule has 1 fully saturated rings. The predicted octanol–water partition coefficient (Wildman–Crippen LogP) is 1.68. The summed E-state index contributed by atoms with van der Waals surface area (Å²) in [5, 5.41) is 12.0. The van der Waals surface area contributed by atoms with Gasteiger partial charge in [0.1, 0.15) is 0 Å². The van der Waals surface area contributed by atoms with Crippen LogP contribution < -0.4 is 5.32 Å². The van der Waals surface area contributed by atoms with Crippen molar-refractivity contribution >= 4 is 12.0 Å². The number of piperidine rings is 1. The number of urea groups is 1. The molecule has 2 amide bonds. The van der Waals surface area contributed by atoms with E-state index in [0.29, 0.717) is 13.0 Å². The lowest BCUT2D eigenvalue weighted by molar-refractivity contribution is -0.150. The molecule has 98 valence electrons. The van der Waals surface area contributed by atoms with Crippen molar-refractivity contribution in [2.45, 2.75) is 46.1 Å². The second-order valence-corrected chi connectivity index (χ2v) is 6.07. The van der Waals surface area contributed by atoms with E-state index in [2.05, 4.69) is 5.32 Å². The Bertz CT molecular complexity index is 322. The summed E-state index contributed by atoms with van der Waals surface area (Å²) >= 11 is 0. The second-order valence-electron chi connectivity index (χ2n) is 6.07. The molecule has 0 aliphatic carbocycles. The van der Waals surface area contributed by atoms with Crippen LogP contribution in [0.25, 0.3) is 0 Å². The molecule has 5 nitrogen and oxygen atoms in total. The van der Waals surface area contributed by atoms with Gasteiger partial charge >= 0.3 is 12.0 Å². The molecule has 0 aromatic carbocycles. The topological polar surface area (TPSA) is 69.6 Å². The Morgan fingerprint density at radius 1 is 1.35 bits per heavy atom.